The summed E-state index contributed by atoms with van der Waals surface area (Å²) in [6.45, 7) is 0. The van der Waals surface area contributed by atoms with Crippen LogP contribution in [-0.2, 0) is 0 Å². The third-order valence-electron chi connectivity index (χ3n) is 11.9. The molecule has 3 heteroatoms. The van der Waals surface area contributed by atoms with Crippen molar-refractivity contribution in [3.8, 4) is 39.3 Å². The lowest BCUT2D eigenvalue weighted by Gasteiger charge is -2.15. The molecule has 0 bridgehead atoms. The van der Waals surface area contributed by atoms with Gasteiger partial charge >= 0.3 is 0 Å². The molecule has 0 N–H and O–H groups in total. The van der Waals surface area contributed by atoms with E-state index in [1.807, 2.05) is 0 Å². The molecule has 0 fully saturated rings. The van der Waals surface area contributed by atoms with Crippen LogP contribution in [0.5, 0.6) is 0 Å². The number of nitrogens with zero attached hydrogens (tertiary/aromatic N) is 3. The SMILES string of the molecule is c1ccc(-c2ccc(-c3ccc(-n4c5ccccc5c5c(-n6c7ccccc7c7cccc(-n8c9ccccc9c9ccccc98)c76)cccc54)cc3)cc2)cc1. The summed E-state index contributed by atoms with van der Waals surface area (Å²) >= 11 is 0. The summed E-state index contributed by atoms with van der Waals surface area (Å²) in [5.74, 6) is 0. The summed E-state index contributed by atoms with van der Waals surface area (Å²) in [6.07, 6.45) is 0. The van der Waals surface area contributed by atoms with Crippen LogP contribution < -0.4 is 0 Å². The minimum absolute atomic E-state index is 1.14. The van der Waals surface area contributed by atoms with E-state index in [-0.39, 0.29) is 0 Å². The lowest BCUT2D eigenvalue weighted by molar-refractivity contribution is 1.14. The van der Waals surface area contributed by atoms with E-state index in [1.165, 1.54) is 87.7 Å². The van der Waals surface area contributed by atoms with Crippen LogP contribution >= 0.6 is 0 Å². The molecule has 0 radical (unpaired) electrons. The van der Waals surface area contributed by atoms with Gasteiger partial charge in [-0.15, -0.1) is 0 Å². The van der Waals surface area contributed by atoms with Crippen molar-refractivity contribution in [3.63, 3.8) is 0 Å². The van der Waals surface area contributed by atoms with Crippen molar-refractivity contribution in [3.05, 3.63) is 212 Å². The van der Waals surface area contributed by atoms with Crippen molar-refractivity contribution in [1.29, 1.82) is 0 Å². The molecule has 3 aromatic heterocycles. The molecule has 3 nitrogen and oxygen atoms in total. The molecule has 0 saturated carbocycles. The number of rotatable bonds is 5. The van der Waals surface area contributed by atoms with E-state index in [9.17, 15) is 0 Å². The fourth-order valence-corrected chi connectivity index (χ4v) is 9.37. The third-order valence-corrected chi connectivity index (χ3v) is 11.9. The van der Waals surface area contributed by atoms with Crippen LogP contribution in [0, 0.1) is 0 Å². The Kier molecular flexibility index (Phi) is 6.93. The Morgan fingerprint density at radius 3 is 1.25 bits per heavy atom. The van der Waals surface area contributed by atoms with Crippen molar-refractivity contribution in [2.24, 2.45) is 0 Å². The van der Waals surface area contributed by atoms with Crippen LogP contribution in [-0.4, -0.2) is 13.7 Å². The van der Waals surface area contributed by atoms with Crippen molar-refractivity contribution in [1.82, 2.24) is 13.7 Å². The fraction of sp³-hybridized carbons (Fsp3) is 0. The first kappa shape index (κ1) is 31.7. The van der Waals surface area contributed by atoms with Gasteiger partial charge in [0.2, 0.25) is 0 Å². The molecule has 0 unspecified atom stereocenters. The fourth-order valence-electron chi connectivity index (χ4n) is 9.37. The summed E-state index contributed by atoms with van der Waals surface area (Å²) in [6, 6.07) is 77.4. The van der Waals surface area contributed by atoms with Crippen molar-refractivity contribution in [2.75, 3.05) is 0 Å². The Morgan fingerprint density at radius 2 is 0.632 bits per heavy atom. The first-order valence-electron chi connectivity index (χ1n) is 19.6. The standard InChI is InChI=1S/C54H35N3/c1-2-14-36(15-3-1)37-28-30-38(31-29-37)39-32-34-40(35-33-39)55-49-24-11-7-19-45(49)53-50(55)25-13-26-51(53)57-48-23-10-6-18-43(48)44-20-12-27-52(54(44)57)56-46-21-8-4-16-41(46)42-17-5-9-22-47(42)56/h1-35H. The molecular formula is C54H35N3. The van der Waals surface area contributed by atoms with Gasteiger partial charge < -0.3 is 13.7 Å². The van der Waals surface area contributed by atoms with Gasteiger partial charge in [-0.05, 0) is 76.9 Å². The third kappa shape index (κ3) is 4.73. The zero-order chi connectivity index (χ0) is 37.5. The van der Waals surface area contributed by atoms with Gasteiger partial charge in [-0.3, -0.25) is 0 Å². The zero-order valence-electron chi connectivity index (χ0n) is 31.0. The van der Waals surface area contributed by atoms with Crippen LogP contribution in [0.2, 0.25) is 0 Å². The second kappa shape index (κ2) is 12.5. The maximum absolute atomic E-state index is 2.52. The van der Waals surface area contributed by atoms with Crippen LogP contribution in [0.4, 0.5) is 0 Å². The second-order valence-electron chi connectivity index (χ2n) is 14.9. The van der Waals surface area contributed by atoms with Gasteiger partial charge in [0.15, 0.2) is 0 Å². The van der Waals surface area contributed by atoms with Gasteiger partial charge in [0.1, 0.15) is 0 Å². The van der Waals surface area contributed by atoms with Crippen LogP contribution in [0.3, 0.4) is 0 Å². The van der Waals surface area contributed by atoms with Crippen molar-refractivity contribution in [2.45, 2.75) is 0 Å². The van der Waals surface area contributed by atoms with Gasteiger partial charge in [0.25, 0.3) is 0 Å². The van der Waals surface area contributed by atoms with E-state index >= 15 is 0 Å². The van der Waals surface area contributed by atoms with Gasteiger partial charge in [-0.25, -0.2) is 0 Å². The second-order valence-corrected chi connectivity index (χ2v) is 14.9. The topological polar surface area (TPSA) is 14.8 Å². The van der Waals surface area contributed by atoms with Gasteiger partial charge in [-0.1, -0.05) is 158 Å². The molecule has 3 heterocycles. The Bertz CT molecular complexity index is 3440. The monoisotopic (exact) mass is 725 g/mol. The molecule has 0 aliphatic rings. The first-order chi connectivity index (χ1) is 28.3. The van der Waals surface area contributed by atoms with Gasteiger partial charge in [0.05, 0.1) is 44.5 Å². The Labute approximate surface area is 329 Å². The highest BCUT2D eigenvalue weighted by Crippen LogP contribution is 2.43. The van der Waals surface area contributed by atoms with E-state index in [1.54, 1.807) is 0 Å². The largest absolute Gasteiger partial charge is 0.309 e. The predicted octanol–water partition coefficient (Wildman–Crippen LogP) is 14.3. The van der Waals surface area contributed by atoms with E-state index in [0.29, 0.717) is 0 Å². The maximum atomic E-state index is 2.52. The number of aromatic nitrogens is 3. The predicted molar refractivity (Wildman–Crippen MR) is 240 cm³/mol. The highest BCUT2D eigenvalue weighted by molar-refractivity contribution is 6.18. The average Bonchev–Trinajstić information content (AvgIpc) is 3.93. The number of benzene rings is 9. The molecule has 12 rings (SSSR count). The molecule has 57 heavy (non-hydrogen) atoms. The van der Waals surface area contributed by atoms with Crippen molar-refractivity contribution < 1.29 is 0 Å². The smallest absolute Gasteiger partial charge is 0.0782 e. The van der Waals surface area contributed by atoms with Crippen LogP contribution in [0.1, 0.15) is 0 Å². The van der Waals surface area contributed by atoms with E-state index in [4.69, 9.17) is 0 Å². The number of fused-ring (bicyclic) bond motifs is 9. The molecule has 9 aromatic carbocycles. The lowest BCUT2D eigenvalue weighted by atomic mass is 10.0. The molecule has 0 spiro atoms. The summed E-state index contributed by atoms with van der Waals surface area (Å²) in [7, 11) is 0. The highest BCUT2D eigenvalue weighted by atomic mass is 15.1. The summed E-state index contributed by atoms with van der Waals surface area (Å²) in [5, 5.41) is 7.44. The van der Waals surface area contributed by atoms with E-state index in [2.05, 4.69) is 226 Å². The quantitative estimate of drug-likeness (QED) is 0.168. The minimum Gasteiger partial charge on any atom is -0.309 e. The van der Waals surface area contributed by atoms with E-state index in [0.717, 1.165) is 17.1 Å². The number of hydrogen-bond donors (Lipinski definition) is 0. The molecule has 12 aromatic rings. The lowest BCUT2D eigenvalue weighted by Crippen LogP contribution is -2.01. The summed E-state index contributed by atoms with van der Waals surface area (Å²) < 4.78 is 7.41. The molecule has 0 atom stereocenters. The maximum Gasteiger partial charge on any atom is 0.0782 e. The minimum atomic E-state index is 1.14. The van der Waals surface area contributed by atoms with E-state index < -0.39 is 0 Å². The Hall–Kier alpha value is -7.62. The summed E-state index contributed by atoms with van der Waals surface area (Å²) in [5.41, 5.74) is 15.5. The molecular weight excluding hydrogens is 691 g/mol. The number of para-hydroxylation sites is 5. The van der Waals surface area contributed by atoms with Crippen LogP contribution in [0.25, 0.3) is 105 Å². The van der Waals surface area contributed by atoms with Crippen molar-refractivity contribution >= 4 is 65.4 Å². The highest BCUT2D eigenvalue weighted by Gasteiger charge is 2.23. The van der Waals surface area contributed by atoms with Gasteiger partial charge in [-0.2, -0.15) is 0 Å². The normalized spacial score (nSPS) is 11.9. The van der Waals surface area contributed by atoms with Gasteiger partial charge in [0, 0.05) is 38.0 Å². The first-order valence-corrected chi connectivity index (χ1v) is 19.6. The number of hydrogen-bond acceptors (Lipinski definition) is 0. The Morgan fingerprint density at radius 1 is 0.228 bits per heavy atom. The zero-order valence-corrected chi connectivity index (χ0v) is 31.0. The average molecular weight is 726 g/mol. The molecule has 0 aliphatic carbocycles. The molecule has 266 valence electrons. The molecule has 0 amide bonds. The molecule has 0 aliphatic heterocycles. The molecule has 0 saturated heterocycles. The van der Waals surface area contributed by atoms with Crippen LogP contribution in [0.15, 0.2) is 212 Å². The summed E-state index contributed by atoms with van der Waals surface area (Å²) in [4.78, 5) is 0. The Balaban J connectivity index is 1.08.